The quantitative estimate of drug-likeness (QED) is 0.855. The highest BCUT2D eigenvalue weighted by Gasteiger charge is 2.09. The number of methoxy groups -OCH3 is 1. The SMILES string of the molecule is COc1cccc2[nH]cc(CCC(C)=O)c12. The lowest BCUT2D eigenvalue weighted by Gasteiger charge is -2.03. The van der Waals surface area contributed by atoms with Crippen LogP contribution >= 0.6 is 0 Å². The van der Waals surface area contributed by atoms with E-state index in [-0.39, 0.29) is 5.78 Å². The third kappa shape index (κ3) is 1.94. The number of fused-ring (bicyclic) bond motifs is 1. The maximum atomic E-state index is 11.0. The fourth-order valence-electron chi connectivity index (χ4n) is 1.90. The highest BCUT2D eigenvalue weighted by molar-refractivity contribution is 5.89. The molecule has 0 bridgehead atoms. The van der Waals surface area contributed by atoms with E-state index in [1.165, 1.54) is 0 Å². The molecule has 0 amide bonds. The van der Waals surface area contributed by atoms with Crippen molar-refractivity contribution in [1.82, 2.24) is 4.98 Å². The van der Waals surface area contributed by atoms with Crippen molar-refractivity contribution in [2.45, 2.75) is 19.8 Å². The number of carbonyl (C=O) groups excluding carboxylic acids is 1. The van der Waals surface area contributed by atoms with Crippen LogP contribution in [-0.4, -0.2) is 17.9 Å². The molecule has 0 radical (unpaired) electrons. The molecule has 3 nitrogen and oxygen atoms in total. The summed E-state index contributed by atoms with van der Waals surface area (Å²) < 4.78 is 5.33. The van der Waals surface area contributed by atoms with Gasteiger partial charge in [0, 0.05) is 23.5 Å². The van der Waals surface area contributed by atoms with E-state index in [0.717, 1.165) is 28.6 Å². The summed E-state index contributed by atoms with van der Waals surface area (Å²) in [7, 11) is 1.66. The van der Waals surface area contributed by atoms with Crippen LogP contribution in [0.4, 0.5) is 0 Å². The Morgan fingerprint density at radius 3 is 2.94 bits per heavy atom. The number of benzene rings is 1. The van der Waals surface area contributed by atoms with Gasteiger partial charge in [0.05, 0.1) is 7.11 Å². The lowest BCUT2D eigenvalue weighted by Crippen LogP contribution is -1.93. The van der Waals surface area contributed by atoms with E-state index in [9.17, 15) is 4.79 Å². The predicted octanol–water partition coefficient (Wildman–Crippen LogP) is 2.70. The van der Waals surface area contributed by atoms with Crippen LogP contribution in [-0.2, 0) is 11.2 Å². The van der Waals surface area contributed by atoms with Crippen LogP contribution < -0.4 is 4.74 Å². The van der Waals surface area contributed by atoms with Gasteiger partial charge in [-0.05, 0) is 31.0 Å². The fraction of sp³-hybridized carbons (Fsp3) is 0.308. The average Bonchev–Trinajstić information content (AvgIpc) is 2.69. The molecule has 16 heavy (non-hydrogen) atoms. The molecule has 2 rings (SSSR count). The van der Waals surface area contributed by atoms with Crippen LogP contribution in [0.5, 0.6) is 5.75 Å². The number of hydrogen-bond acceptors (Lipinski definition) is 2. The van der Waals surface area contributed by atoms with Crippen molar-refractivity contribution in [1.29, 1.82) is 0 Å². The lowest BCUT2D eigenvalue weighted by molar-refractivity contribution is -0.116. The number of nitrogens with one attached hydrogen (secondary N) is 1. The fourth-order valence-corrected chi connectivity index (χ4v) is 1.90. The number of Topliss-reactive ketones (excluding diaryl/α,β-unsaturated/α-hetero) is 1. The Morgan fingerprint density at radius 1 is 1.44 bits per heavy atom. The van der Waals surface area contributed by atoms with Gasteiger partial charge in [0.1, 0.15) is 11.5 Å². The predicted molar refractivity (Wildman–Crippen MR) is 63.9 cm³/mol. The molecule has 1 aromatic heterocycles. The third-order valence-corrected chi connectivity index (χ3v) is 2.72. The number of ketones is 1. The Bertz CT molecular complexity index is 514. The molecular formula is C13H15NO2. The van der Waals surface area contributed by atoms with E-state index in [1.807, 2.05) is 24.4 Å². The summed E-state index contributed by atoms with van der Waals surface area (Å²) in [6, 6.07) is 5.90. The Labute approximate surface area is 94.4 Å². The molecule has 1 heterocycles. The van der Waals surface area contributed by atoms with Crippen LogP contribution in [0.3, 0.4) is 0 Å². The number of rotatable bonds is 4. The van der Waals surface area contributed by atoms with Crippen molar-refractivity contribution in [2.24, 2.45) is 0 Å². The highest BCUT2D eigenvalue weighted by atomic mass is 16.5. The van der Waals surface area contributed by atoms with Crippen molar-refractivity contribution in [3.63, 3.8) is 0 Å². The molecule has 0 unspecified atom stereocenters. The van der Waals surface area contributed by atoms with E-state index in [0.29, 0.717) is 6.42 Å². The molecule has 2 aromatic rings. The summed E-state index contributed by atoms with van der Waals surface area (Å²) in [5.41, 5.74) is 2.19. The summed E-state index contributed by atoms with van der Waals surface area (Å²) in [6.45, 7) is 1.62. The standard InChI is InChI=1S/C13H15NO2/c1-9(15)6-7-10-8-14-11-4-3-5-12(16-2)13(10)11/h3-5,8,14H,6-7H2,1-2H3. The molecule has 0 saturated carbocycles. The maximum absolute atomic E-state index is 11.0. The average molecular weight is 217 g/mol. The van der Waals surface area contributed by atoms with Gasteiger partial charge in [-0.2, -0.15) is 0 Å². The third-order valence-electron chi connectivity index (χ3n) is 2.72. The Hall–Kier alpha value is -1.77. The first-order valence-corrected chi connectivity index (χ1v) is 5.34. The Kier molecular flexibility index (Phi) is 2.95. The topological polar surface area (TPSA) is 42.1 Å². The molecule has 0 fully saturated rings. The summed E-state index contributed by atoms with van der Waals surface area (Å²) in [4.78, 5) is 14.2. The lowest BCUT2D eigenvalue weighted by atomic mass is 10.1. The van der Waals surface area contributed by atoms with E-state index in [1.54, 1.807) is 14.0 Å². The minimum atomic E-state index is 0.212. The van der Waals surface area contributed by atoms with Crippen LogP contribution in [0.15, 0.2) is 24.4 Å². The van der Waals surface area contributed by atoms with Crippen molar-refractivity contribution in [3.05, 3.63) is 30.0 Å². The molecule has 0 aliphatic heterocycles. The largest absolute Gasteiger partial charge is 0.496 e. The van der Waals surface area contributed by atoms with Gasteiger partial charge in [0.15, 0.2) is 0 Å². The van der Waals surface area contributed by atoms with Gasteiger partial charge in [-0.25, -0.2) is 0 Å². The van der Waals surface area contributed by atoms with Gasteiger partial charge in [-0.15, -0.1) is 0 Å². The second-order valence-corrected chi connectivity index (χ2v) is 3.90. The van der Waals surface area contributed by atoms with Crippen molar-refractivity contribution < 1.29 is 9.53 Å². The first-order valence-electron chi connectivity index (χ1n) is 5.34. The van der Waals surface area contributed by atoms with E-state index < -0.39 is 0 Å². The van der Waals surface area contributed by atoms with Crippen molar-refractivity contribution in [2.75, 3.05) is 7.11 Å². The molecule has 0 atom stereocenters. The summed E-state index contributed by atoms with van der Waals surface area (Å²) in [6.07, 6.45) is 3.29. The Morgan fingerprint density at radius 2 is 2.25 bits per heavy atom. The molecule has 84 valence electrons. The molecule has 0 aliphatic rings. The maximum Gasteiger partial charge on any atom is 0.130 e. The zero-order chi connectivity index (χ0) is 11.5. The minimum Gasteiger partial charge on any atom is -0.496 e. The molecule has 3 heteroatoms. The van der Waals surface area contributed by atoms with Crippen molar-refractivity contribution in [3.8, 4) is 5.75 Å². The van der Waals surface area contributed by atoms with Gasteiger partial charge in [-0.3, -0.25) is 0 Å². The monoisotopic (exact) mass is 217 g/mol. The summed E-state index contributed by atoms with van der Waals surface area (Å²) >= 11 is 0. The molecular weight excluding hydrogens is 202 g/mol. The zero-order valence-corrected chi connectivity index (χ0v) is 9.54. The van der Waals surface area contributed by atoms with Gasteiger partial charge >= 0.3 is 0 Å². The van der Waals surface area contributed by atoms with Crippen LogP contribution in [0.1, 0.15) is 18.9 Å². The van der Waals surface area contributed by atoms with Crippen LogP contribution in [0, 0.1) is 0 Å². The molecule has 1 aromatic carbocycles. The zero-order valence-electron chi connectivity index (χ0n) is 9.54. The number of H-pyrrole nitrogens is 1. The number of aromatic amines is 1. The van der Waals surface area contributed by atoms with Gasteiger partial charge in [0.2, 0.25) is 0 Å². The first-order chi connectivity index (χ1) is 7.72. The molecule has 1 N–H and O–H groups in total. The molecule has 0 spiro atoms. The number of ether oxygens (including phenoxy) is 1. The van der Waals surface area contributed by atoms with E-state index in [2.05, 4.69) is 4.98 Å². The second kappa shape index (κ2) is 4.39. The minimum absolute atomic E-state index is 0.212. The van der Waals surface area contributed by atoms with E-state index in [4.69, 9.17) is 4.74 Å². The van der Waals surface area contributed by atoms with Crippen molar-refractivity contribution >= 4 is 16.7 Å². The summed E-state index contributed by atoms with van der Waals surface area (Å²) in [5, 5.41) is 1.09. The summed E-state index contributed by atoms with van der Waals surface area (Å²) in [5.74, 6) is 1.07. The smallest absolute Gasteiger partial charge is 0.130 e. The number of aromatic nitrogens is 1. The van der Waals surface area contributed by atoms with Gasteiger partial charge < -0.3 is 14.5 Å². The number of hydrogen-bond donors (Lipinski definition) is 1. The first kappa shape index (κ1) is 10.7. The van der Waals surface area contributed by atoms with Crippen LogP contribution in [0.2, 0.25) is 0 Å². The number of carbonyl (C=O) groups is 1. The van der Waals surface area contributed by atoms with Gasteiger partial charge in [0.25, 0.3) is 0 Å². The van der Waals surface area contributed by atoms with E-state index >= 15 is 0 Å². The van der Waals surface area contributed by atoms with Crippen LogP contribution in [0.25, 0.3) is 10.9 Å². The highest BCUT2D eigenvalue weighted by Crippen LogP contribution is 2.29. The second-order valence-electron chi connectivity index (χ2n) is 3.90. The molecule has 0 aliphatic carbocycles. The normalized spacial score (nSPS) is 10.6. The number of aryl methyl sites for hydroxylation is 1. The van der Waals surface area contributed by atoms with Gasteiger partial charge in [-0.1, -0.05) is 6.07 Å². The Balaban J connectivity index is 2.41. The molecule has 0 saturated heterocycles.